The van der Waals surface area contributed by atoms with Crippen LogP contribution in [0.15, 0.2) is 52.7 Å². The minimum atomic E-state index is 0.000647. The number of rotatable bonds is 8. The molecule has 0 atom stereocenters. The highest BCUT2D eigenvalue weighted by Crippen LogP contribution is 2.24. The third-order valence-electron chi connectivity index (χ3n) is 4.39. The van der Waals surface area contributed by atoms with E-state index >= 15 is 0 Å². The normalized spacial score (nSPS) is 10.8. The monoisotopic (exact) mass is 426 g/mol. The van der Waals surface area contributed by atoms with E-state index in [1.807, 2.05) is 43.3 Å². The Labute approximate surface area is 180 Å². The number of aromatic nitrogens is 1. The highest BCUT2D eigenvalue weighted by Gasteiger charge is 2.12. The van der Waals surface area contributed by atoms with Crippen molar-refractivity contribution in [3.8, 4) is 5.75 Å². The van der Waals surface area contributed by atoms with Gasteiger partial charge in [0.1, 0.15) is 12.4 Å². The van der Waals surface area contributed by atoms with Gasteiger partial charge in [0.15, 0.2) is 0 Å². The summed E-state index contributed by atoms with van der Waals surface area (Å²) in [6.45, 7) is 7.12. The molecule has 2 aromatic carbocycles. The molecule has 0 bridgehead atoms. The second-order valence-corrected chi connectivity index (χ2v) is 9.18. The number of carbonyl (C=O) groups is 1. The molecular formula is C23H26N2O2S2. The van der Waals surface area contributed by atoms with Crippen molar-refractivity contribution in [3.05, 3.63) is 75.2 Å². The van der Waals surface area contributed by atoms with Gasteiger partial charge < -0.3 is 9.64 Å². The number of thioether (sulfide) groups is 1. The van der Waals surface area contributed by atoms with E-state index in [2.05, 4.69) is 30.3 Å². The third-order valence-corrected chi connectivity index (χ3v) is 6.26. The van der Waals surface area contributed by atoms with Gasteiger partial charge in [0.2, 0.25) is 0 Å². The van der Waals surface area contributed by atoms with Crippen LogP contribution in [0.5, 0.6) is 5.75 Å². The standard InChI is InChI=1S/C23H26N2O2S2/c1-16-11-17(2)13-21(12-16)27-10-9-25(4)23(26)19-5-7-22(8-6-19)29-15-20-14-28-18(3)24-20/h5-8,11-14H,9-10,15H2,1-4H3. The minimum Gasteiger partial charge on any atom is -0.492 e. The highest BCUT2D eigenvalue weighted by atomic mass is 32.2. The summed E-state index contributed by atoms with van der Waals surface area (Å²) in [5.41, 5.74) is 4.13. The Balaban J connectivity index is 1.48. The minimum absolute atomic E-state index is 0.000647. The van der Waals surface area contributed by atoms with Gasteiger partial charge >= 0.3 is 0 Å². The average molecular weight is 427 g/mol. The highest BCUT2D eigenvalue weighted by molar-refractivity contribution is 7.98. The van der Waals surface area contributed by atoms with Gasteiger partial charge in [-0.1, -0.05) is 6.07 Å². The van der Waals surface area contributed by atoms with Crippen molar-refractivity contribution < 1.29 is 9.53 Å². The maximum atomic E-state index is 12.6. The molecule has 0 spiro atoms. The van der Waals surface area contributed by atoms with Gasteiger partial charge in [-0.3, -0.25) is 4.79 Å². The van der Waals surface area contributed by atoms with Crippen LogP contribution >= 0.6 is 23.1 Å². The summed E-state index contributed by atoms with van der Waals surface area (Å²) in [7, 11) is 1.81. The fourth-order valence-electron chi connectivity index (χ4n) is 2.96. The fraction of sp³-hybridized carbons (Fsp3) is 0.304. The smallest absolute Gasteiger partial charge is 0.253 e. The van der Waals surface area contributed by atoms with Crippen molar-refractivity contribution in [2.45, 2.75) is 31.4 Å². The van der Waals surface area contributed by atoms with Crippen LogP contribution < -0.4 is 4.74 Å². The zero-order valence-corrected chi connectivity index (χ0v) is 18.9. The van der Waals surface area contributed by atoms with E-state index in [-0.39, 0.29) is 5.91 Å². The Morgan fingerprint density at radius 2 is 1.79 bits per heavy atom. The van der Waals surface area contributed by atoms with Crippen molar-refractivity contribution >= 4 is 29.0 Å². The van der Waals surface area contributed by atoms with Crippen LogP contribution in [0.25, 0.3) is 0 Å². The first-order chi connectivity index (χ1) is 13.9. The number of ether oxygens (including phenoxy) is 1. The summed E-state index contributed by atoms with van der Waals surface area (Å²) in [4.78, 5) is 20.0. The van der Waals surface area contributed by atoms with Crippen LogP contribution in [0.1, 0.15) is 32.2 Å². The van der Waals surface area contributed by atoms with Gasteiger partial charge in [-0.05, 0) is 68.3 Å². The molecule has 3 rings (SSSR count). The topological polar surface area (TPSA) is 42.4 Å². The number of benzene rings is 2. The van der Waals surface area contributed by atoms with Crippen molar-refractivity contribution in [1.29, 1.82) is 0 Å². The lowest BCUT2D eigenvalue weighted by Crippen LogP contribution is -2.30. The lowest BCUT2D eigenvalue weighted by molar-refractivity contribution is 0.0773. The Morgan fingerprint density at radius 3 is 2.41 bits per heavy atom. The third kappa shape index (κ3) is 6.34. The summed E-state index contributed by atoms with van der Waals surface area (Å²) in [6.07, 6.45) is 0. The molecule has 0 saturated heterocycles. The summed E-state index contributed by atoms with van der Waals surface area (Å²) < 4.78 is 5.82. The largest absolute Gasteiger partial charge is 0.492 e. The van der Waals surface area contributed by atoms with E-state index in [1.165, 1.54) is 11.1 Å². The maximum Gasteiger partial charge on any atom is 0.253 e. The molecule has 6 heteroatoms. The first kappa shape index (κ1) is 21.4. The number of carbonyl (C=O) groups excluding carboxylic acids is 1. The molecule has 0 aliphatic heterocycles. The predicted molar refractivity (Wildman–Crippen MR) is 121 cm³/mol. The van der Waals surface area contributed by atoms with Gasteiger partial charge in [-0.2, -0.15) is 0 Å². The Morgan fingerprint density at radius 1 is 1.10 bits per heavy atom. The summed E-state index contributed by atoms with van der Waals surface area (Å²) >= 11 is 3.40. The first-order valence-corrected chi connectivity index (χ1v) is 11.4. The molecule has 4 nitrogen and oxygen atoms in total. The zero-order chi connectivity index (χ0) is 20.8. The van der Waals surface area contributed by atoms with Crippen molar-refractivity contribution in [2.75, 3.05) is 20.2 Å². The molecule has 0 radical (unpaired) electrons. The second kappa shape index (κ2) is 9.94. The Hall–Kier alpha value is -2.31. The molecule has 152 valence electrons. The number of thiazole rings is 1. The number of nitrogens with zero attached hydrogens (tertiary/aromatic N) is 2. The van der Waals surface area contributed by atoms with E-state index < -0.39 is 0 Å². The van der Waals surface area contributed by atoms with Gasteiger partial charge in [0.05, 0.1) is 17.2 Å². The van der Waals surface area contributed by atoms with Gasteiger partial charge in [0.25, 0.3) is 5.91 Å². The molecule has 0 aliphatic rings. The molecular weight excluding hydrogens is 400 g/mol. The number of aryl methyl sites for hydroxylation is 3. The van der Waals surface area contributed by atoms with Crippen LogP contribution in [0.2, 0.25) is 0 Å². The van der Waals surface area contributed by atoms with Gasteiger partial charge in [-0.15, -0.1) is 23.1 Å². The second-order valence-electron chi connectivity index (χ2n) is 7.07. The van der Waals surface area contributed by atoms with Crippen molar-refractivity contribution in [3.63, 3.8) is 0 Å². The molecule has 29 heavy (non-hydrogen) atoms. The average Bonchev–Trinajstić information content (AvgIpc) is 3.10. The molecule has 3 aromatic rings. The number of likely N-dealkylation sites (N-methyl/N-ethyl adjacent to an activating group) is 1. The van der Waals surface area contributed by atoms with Crippen LogP contribution in [0, 0.1) is 20.8 Å². The Kier molecular flexibility index (Phi) is 7.34. The number of hydrogen-bond donors (Lipinski definition) is 0. The fourth-order valence-corrected chi connectivity index (χ4v) is 4.47. The molecule has 0 fully saturated rings. The van der Waals surface area contributed by atoms with Gasteiger partial charge in [0, 0.05) is 28.6 Å². The van der Waals surface area contributed by atoms with E-state index in [0.717, 1.165) is 27.1 Å². The molecule has 1 amide bonds. The summed E-state index contributed by atoms with van der Waals surface area (Å²) in [5.74, 6) is 1.69. The first-order valence-electron chi connectivity index (χ1n) is 9.51. The van der Waals surface area contributed by atoms with Crippen LogP contribution in [-0.2, 0) is 5.75 Å². The molecule has 0 N–H and O–H groups in total. The lowest BCUT2D eigenvalue weighted by Gasteiger charge is -2.18. The predicted octanol–water partition coefficient (Wildman–Crippen LogP) is 5.51. The molecule has 0 unspecified atom stereocenters. The molecule has 0 aliphatic carbocycles. The van der Waals surface area contributed by atoms with E-state index in [0.29, 0.717) is 18.7 Å². The summed E-state index contributed by atoms with van der Waals surface area (Å²) in [5, 5.41) is 3.18. The Bertz CT molecular complexity index is 947. The molecule has 0 saturated carbocycles. The van der Waals surface area contributed by atoms with Crippen molar-refractivity contribution in [1.82, 2.24) is 9.88 Å². The zero-order valence-electron chi connectivity index (χ0n) is 17.3. The quantitative estimate of drug-likeness (QED) is 0.445. The van der Waals surface area contributed by atoms with Crippen LogP contribution in [0.4, 0.5) is 0 Å². The number of hydrogen-bond acceptors (Lipinski definition) is 5. The van der Waals surface area contributed by atoms with Crippen LogP contribution in [0.3, 0.4) is 0 Å². The van der Waals surface area contributed by atoms with Crippen molar-refractivity contribution in [2.24, 2.45) is 0 Å². The lowest BCUT2D eigenvalue weighted by atomic mass is 10.1. The molecule has 1 aromatic heterocycles. The molecule has 1 heterocycles. The van der Waals surface area contributed by atoms with E-state index in [4.69, 9.17) is 4.74 Å². The van der Waals surface area contributed by atoms with E-state index in [9.17, 15) is 4.79 Å². The van der Waals surface area contributed by atoms with Crippen LogP contribution in [-0.4, -0.2) is 36.0 Å². The SMILES string of the molecule is Cc1cc(C)cc(OCCN(C)C(=O)c2ccc(SCc3csc(C)n3)cc2)c1. The maximum absolute atomic E-state index is 12.6. The summed E-state index contributed by atoms with van der Waals surface area (Å²) in [6, 6.07) is 13.9. The van der Waals surface area contributed by atoms with Gasteiger partial charge in [-0.25, -0.2) is 4.98 Å². The van der Waals surface area contributed by atoms with E-state index in [1.54, 1.807) is 35.0 Å². The number of amides is 1.